The number of amides is 1. The van der Waals surface area contributed by atoms with Gasteiger partial charge in [0.05, 0.1) is 17.2 Å². The molecule has 0 bridgehead atoms. The third kappa shape index (κ3) is 3.43. The fourth-order valence-electron chi connectivity index (χ4n) is 1.00. The van der Waals surface area contributed by atoms with Crippen molar-refractivity contribution in [2.45, 2.75) is 26.4 Å². The van der Waals surface area contributed by atoms with Gasteiger partial charge in [-0.15, -0.1) is 11.3 Å². The van der Waals surface area contributed by atoms with Crippen LogP contribution >= 0.6 is 11.3 Å². The van der Waals surface area contributed by atoms with E-state index >= 15 is 0 Å². The van der Waals surface area contributed by atoms with Gasteiger partial charge in [-0.25, -0.2) is 4.98 Å². The van der Waals surface area contributed by atoms with Crippen molar-refractivity contribution in [1.82, 2.24) is 15.6 Å². The first kappa shape index (κ1) is 11.1. The lowest BCUT2D eigenvalue weighted by molar-refractivity contribution is -0.122. The molecule has 14 heavy (non-hydrogen) atoms. The van der Waals surface area contributed by atoms with Gasteiger partial charge in [0.2, 0.25) is 5.91 Å². The fraction of sp³-hybridized carbons (Fsp3) is 0.556. The maximum Gasteiger partial charge on any atom is 0.236 e. The van der Waals surface area contributed by atoms with Gasteiger partial charge in [0, 0.05) is 18.5 Å². The van der Waals surface area contributed by atoms with Crippen LogP contribution in [0, 0.1) is 0 Å². The summed E-state index contributed by atoms with van der Waals surface area (Å²) in [6, 6.07) is -0.170. The molecule has 0 aliphatic heterocycles. The van der Waals surface area contributed by atoms with E-state index in [0.29, 0.717) is 13.1 Å². The molecule has 0 aliphatic rings. The monoisotopic (exact) mass is 213 g/mol. The van der Waals surface area contributed by atoms with Crippen molar-refractivity contribution in [2.24, 2.45) is 0 Å². The molecule has 5 heteroatoms. The van der Waals surface area contributed by atoms with Crippen LogP contribution in [0.1, 0.15) is 19.5 Å². The van der Waals surface area contributed by atoms with Gasteiger partial charge in [0.15, 0.2) is 0 Å². The van der Waals surface area contributed by atoms with Gasteiger partial charge in [-0.05, 0) is 13.8 Å². The number of nitrogens with zero attached hydrogens (tertiary/aromatic N) is 1. The van der Waals surface area contributed by atoms with Gasteiger partial charge >= 0.3 is 0 Å². The lowest BCUT2D eigenvalue weighted by Crippen LogP contribution is -2.41. The second-order valence-corrected chi connectivity index (χ2v) is 3.70. The number of likely N-dealkylation sites (N-methyl/N-ethyl adjacent to an activating group) is 1. The van der Waals surface area contributed by atoms with Crippen LogP contribution in [-0.4, -0.2) is 23.5 Å². The molecule has 0 aromatic carbocycles. The molecule has 1 aromatic heterocycles. The number of hydrogen-bond donors (Lipinski definition) is 2. The van der Waals surface area contributed by atoms with E-state index in [1.54, 1.807) is 16.8 Å². The van der Waals surface area contributed by atoms with Crippen LogP contribution in [0.5, 0.6) is 0 Å². The molecule has 1 aromatic rings. The highest BCUT2D eigenvalue weighted by Gasteiger charge is 2.10. The molecule has 0 saturated carbocycles. The first-order valence-electron chi connectivity index (χ1n) is 4.62. The molecule has 1 amide bonds. The molecule has 1 rings (SSSR count). The van der Waals surface area contributed by atoms with E-state index in [0.717, 1.165) is 5.69 Å². The van der Waals surface area contributed by atoms with Crippen molar-refractivity contribution in [3.63, 3.8) is 0 Å². The van der Waals surface area contributed by atoms with E-state index in [1.165, 1.54) is 0 Å². The maximum atomic E-state index is 11.3. The van der Waals surface area contributed by atoms with Crippen molar-refractivity contribution in [2.75, 3.05) is 6.54 Å². The van der Waals surface area contributed by atoms with Gasteiger partial charge in [0.1, 0.15) is 0 Å². The zero-order chi connectivity index (χ0) is 10.4. The highest BCUT2D eigenvalue weighted by molar-refractivity contribution is 7.07. The summed E-state index contributed by atoms with van der Waals surface area (Å²) in [5.74, 6) is 0.0303. The molecule has 0 spiro atoms. The fourth-order valence-corrected chi connectivity index (χ4v) is 1.56. The largest absolute Gasteiger partial charge is 0.355 e. The molecule has 0 radical (unpaired) electrons. The molecular weight excluding hydrogens is 198 g/mol. The summed E-state index contributed by atoms with van der Waals surface area (Å²) < 4.78 is 0. The number of carbonyl (C=O) groups excluding carboxylic acids is 1. The smallest absolute Gasteiger partial charge is 0.236 e. The van der Waals surface area contributed by atoms with Gasteiger partial charge in [0.25, 0.3) is 0 Å². The minimum absolute atomic E-state index is 0.0303. The van der Waals surface area contributed by atoms with E-state index in [4.69, 9.17) is 0 Å². The average Bonchev–Trinajstić information content (AvgIpc) is 2.67. The van der Waals surface area contributed by atoms with Crippen LogP contribution in [0.15, 0.2) is 10.9 Å². The van der Waals surface area contributed by atoms with E-state index in [-0.39, 0.29) is 11.9 Å². The van der Waals surface area contributed by atoms with E-state index in [1.807, 2.05) is 19.2 Å². The predicted octanol–water partition coefficient (Wildman–Crippen LogP) is 0.757. The SMILES string of the molecule is CCNC(=O)C(C)NCc1cscn1. The van der Waals surface area contributed by atoms with Gasteiger partial charge in [-0.1, -0.05) is 0 Å². The summed E-state index contributed by atoms with van der Waals surface area (Å²) in [6.07, 6.45) is 0. The van der Waals surface area contributed by atoms with Crippen LogP contribution in [0.3, 0.4) is 0 Å². The van der Waals surface area contributed by atoms with Crippen molar-refractivity contribution in [3.8, 4) is 0 Å². The Balaban J connectivity index is 2.27. The summed E-state index contributed by atoms with van der Waals surface area (Å²) in [5, 5.41) is 7.83. The topological polar surface area (TPSA) is 54.0 Å². The van der Waals surface area contributed by atoms with Crippen LogP contribution < -0.4 is 10.6 Å². The highest BCUT2D eigenvalue weighted by atomic mass is 32.1. The Labute approximate surface area is 87.7 Å². The molecule has 78 valence electrons. The lowest BCUT2D eigenvalue weighted by atomic mass is 10.3. The third-order valence-electron chi connectivity index (χ3n) is 1.82. The standard InChI is InChI=1S/C9H15N3OS/c1-3-10-9(13)7(2)11-4-8-5-14-6-12-8/h5-7,11H,3-4H2,1-2H3,(H,10,13). The minimum atomic E-state index is -0.170. The minimum Gasteiger partial charge on any atom is -0.355 e. The number of thiazole rings is 1. The summed E-state index contributed by atoms with van der Waals surface area (Å²) in [5.41, 5.74) is 2.76. The Hall–Kier alpha value is -0.940. The zero-order valence-corrected chi connectivity index (χ0v) is 9.23. The van der Waals surface area contributed by atoms with Gasteiger partial charge in [-0.3, -0.25) is 4.79 Å². The number of rotatable bonds is 5. The molecule has 1 unspecified atom stereocenters. The van der Waals surface area contributed by atoms with Crippen molar-refractivity contribution < 1.29 is 4.79 Å². The normalized spacial score (nSPS) is 12.4. The van der Waals surface area contributed by atoms with E-state index in [9.17, 15) is 4.79 Å². The summed E-state index contributed by atoms with van der Waals surface area (Å²) in [6.45, 7) is 5.06. The number of aromatic nitrogens is 1. The Morgan fingerprint density at radius 1 is 1.71 bits per heavy atom. The average molecular weight is 213 g/mol. The number of nitrogens with one attached hydrogen (secondary N) is 2. The predicted molar refractivity (Wildman–Crippen MR) is 57.1 cm³/mol. The second kappa shape index (κ2) is 5.72. The quantitative estimate of drug-likeness (QED) is 0.759. The first-order valence-corrected chi connectivity index (χ1v) is 5.56. The lowest BCUT2D eigenvalue weighted by Gasteiger charge is -2.11. The van der Waals surface area contributed by atoms with Crippen molar-refractivity contribution in [1.29, 1.82) is 0 Å². The molecule has 2 N–H and O–H groups in total. The van der Waals surface area contributed by atoms with Crippen LogP contribution in [0.25, 0.3) is 0 Å². The Bertz CT molecular complexity index is 274. The number of carbonyl (C=O) groups is 1. The van der Waals surface area contributed by atoms with Crippen LogP contribution in [0.2, 0.25) is 0 Å². The van der Waals surface area contributed by atoms with Crippen molar-refractivity contribution in [3.05, 3.63) is 16.6 Å². The summed E-state index contributed by atoms with van der Waals surface area (Å²) >= 11 is 1.56. The Morgan fingerprint density at radius 2 is 2.50 bits per heavy atom. The molecule has 1 heterocycles. The molecule has 1 atom stereocenters. The van der Waals surface area contributed by atoms with Gasteiger partial charge in [-0.2, -0.15) is 0 Å². The second-order valence-electron chi connectivity index (χ2n) is 2.98. The van der Waals surface area contributed by atoms with Crippen LogP contribution in [-0.2, 0) is 11.3 Å². The molecular formula is C9H15N3OS. The molecule has 0 saturated heterocycles. The first-order chi connectivity index (χ1) is 6.74. The Kier molecular flexibility index (Phi) is 4.55. The van der Waals surface area contributed by atoms with E-state index < -0.39 is 0 Å². The Morgan fingerprint density at radius 3 is 3.07 bits per heavy atom. The third-order valence-corrected chi connectivity index (χ3v) is 2.45. The number of hydrogen-bond acceptors (Lipinski definition) is 4. The summed E-state index contributed by atoms with van der Waals surface area (Å²) in [7, 11) is 0. The molecule has 4 nitrogen and oxygen atoms in total. The van der Waals surface area contributed by atoms with Crippen LogP contribution in [0.4, 0.5) is 0 Å². The molecule has 0 aliphatic carbocycles. The van der Waals surface area contributed by atoms with E-state index in [2.05, 4.69) is 15.6 Å². The zero-order valence-electron chi connectivity index (χ0n) is 8.41. The summed E-state index contributed by atoms with van der Waals surface area (Å²) in [4.78, 5) is 15.4. The van der Waals surface area contributed by atoms with Crippen molar-refractivity contribution >= 4 is 17.2 Å². The van der Waals surface area contributed by atoms with Gasteiger partial charge < -0.3 is 10.6 Å². The maximum absolute atomic E-state index is 11.3. The molecule has 0 fully saturated rings. The highest BCUT2D eigenvalue weighted by Crippen LogP contribution is 2.00.